The Bertz CT molecular complexity index is 924. The molecule has 0 aliphatic heterocycles. The SMILES string of the molecule is [C-]#[N+]/C(=C\c1ccc(-c2ccc(N(CCCCCCCC)CCCCCCCC)cc2)s1)C(=O)O. The zero-order valence-electron chi connectivity index (χ0n) is 21.6. The van der Waals surface area contributed by atoms with E-state index >= 15 is 0 Å². The second-order valence-corrected chi connectivity index (χ2v) is 10.3. The fraction of sp³-hybridized carbons (Fsp3) is 0.533. The fourth-order valence-corrected chi connectivity index (χ4v) is 5.19. The third-order valence-corrected chi connectivity index (χ3v) is 7.41. The predicted octanol–water partition coefficient (Wildman–Crippen LogP) is 9.29. The van der Waals surface area contributed by atoms with Gasteiger partial charge in [-0.1, -0.05) is 90.2 Å². The van der Waals surface area contributed by atoms with Crippen LogP contribution in [0.5, 0.6) is 0 Å². The molecule has 0 fully saturated rings. The summed E-state index contributed by atoms with van der Waals surface area (Å²) in [5.74, 6) is -1.19. The van der Waals surface area contributed by atoms with Crippen LogP contribution in [0.2, 0.25) is 0 Å². The largest absolute Gasteiger partial charge is 0.486 e. The highest BCUT2D eigenvalue weighted by Crippen LogP contribution is 2.31. The van der Waals surface area contributed by atoms with Gasteiger partial charge in [-0.2, -0.15) is 0 Å². The number of aliphatic carboxylic acids is 1. The van der Waals surface area contributed by atoms with Crippen molar-refractivity contribution in [2.24, 2.45) is 0 Å². The summed E-state index contributed by atoms with van der Waals surface area (Å²) < 4.78 is 0. The highest BCUT2D eigenvalue weighted by molar-refractivity contribution is 7.16. The number of unbranched alkanes of at least 4 members (excludes halogenated alkanes) is 10. The summed E-state index contributed by atoms with van der Waals surface area (Å²) in [6.07, 6.45) is 17.2. The van der Waals surface area contributed by atoms with Gasteiger partial charge < -0.3 is 10.0 Å². The summed E-state index contributed by atoms with van der Waals surface area (Å²) in [5, 5.41) is 9.09. The maximum atomic E-state index is 11.1. The van der Waals surface area contributed by atoms with E-state index in [2.05, 4.69) is 47.9 Å². The number of rotatable bonds is 18. The van der Waals surface area contributed by atoms with Crippen molar-refractivity contribution < 1.29 is 9.90 Å². The van der Waals surface area contributed by atoms with Crippen LogP contribution in [0.15, 0.2) is 42.1 Å². The average molecular weight is 495 g/mol. The van der Waals surface area contributed by atoms with E-state index in [-0.39, 0.29) is 5.70 Å². The summed E-state index contributed by atoms with van der Waals surface area (Å²) >= 11 is 1.51. The lowest BCUT2D eigenvalue weighted by atomic mass is 10.1. The van der Waals surface area contributed by atoms with Crippen LogP contribution >= 0.6 is 11.3 Å². The molecule has 1 N–H and O–H groups in total. The maximum absolute atomic E-state index is 11.1. The molecule has 5 heteroatoms. The first-order valence-corrected chi connectivity index (χ1v) is 14.2. The van der Waals surface area contributed by atoms with E-state index in [1.165, 1.54) is 100 Å². The molecule has 1 heterocycles. The molecule has 0 atom stereocenters. The summed E-state index contributed by atoms with van der Waals surface area (Å²) in [5.41, 5.74) is 2.15. The Hall–Kier alpha value is -2.58. The smallest absolute Gasteiger partial charge is 0.333 e. The number of benzene rings is 1. The van der Waals surface area contributed by atoms with Gasteiger partial charge in [0.15, 0.2) is 0 Å². The molecule has 2 aromatic rings. The molecule has 0 aliphatic rings. The number of carbonyl (C=O) groups is 1. The molecule has 0 bridgehead atoms. The molecule has 0 saturated carbocycles. The number of nitrogens with zero attached hydrogens (tertiary/aromatic N) is 2. The monoisotopic (exact) mass is 494 g/mol. The molecule has 0 amide bonds. The highest BCUT2D eigenvalue weighted by Gasteiger charge is 2.10. The van der Waals surface area contributed by atoms with Gasteiger partial charge in [-0.15, -0.1) is 11.3 Å². The lowest BCUT2D eigenvalue weighted by molar-refractivity contribution is -0.132. The maximum Gasteiger partial charge on any atom is 0.333 e. The van der Waals surface area contributed by atoms with Crippen LogP contribution in [0.25, 0.3) is 21.4 Å². The molecule has 0 saturated heterocycles. The van der Waals surface area contributed by atoms with Gasteiger partial charge in [0.1, 0.15) is 0 Å². The molecule has 190 valence electrons. The van der Waals surface area contributed by atoms with Crippen LogP contribution in [0.3, 0.4) is 0 Å². The van der Waals surface area contributed by atoms with Crippen molar-refractivity contribution in [3.63, 3.8) is 0 Å². The van der Waals surface area contributed by atoms with Crippen LogP contribution < -0.4 is 4.90 Å². The van der Waals surface area contributed by atoms with Crippen molar-refractivity contribution >= 4 is 29.1 Å². The van der Waals surface area contributed by atoms with Crippen molar-refractivity contribution in [3.8, 4) is 10.4 Å². The van der Waals surface area contributed by atoms with E-state index in [0.29, 0.717) is 0 Å². The first kappa shape index (κ1) is 28.7. The average Bonchev–Trinajstić information content (AvgIpc) is 3.34. The van der Waals surface area contributed by atoms with Gasteiger partial charge in [-0.05, 0) is 48.7 Å². The van der Waals surface area contributed by atoms with Crippen molar-refractivity contribution in [2.75, 3.05) is 18.0 Å². The van der Waals surface area contributed by atoms with Crippen LogP contribution in [0.1, 0.15) is 95.8 Å². The van der Waals surface area contributed by atoms with E-state index in [9.17, 15) is 4.79 Å². The van der Waals surface area contributed by atoms with Gasteiger partial charge in [0.2, 0.25) is 0 Å². The summed E-state index contributed by atoms with van der Waals surface area (Å²) in [7, 11) is 0. The van der Waals surface area contributed by atoms with Crippen molar-refractivity contribution in [1.82, 2.24) is 0 Å². The van der Waals surface area contributed by atoms with Gasteiger partial charge in [0, 0.05) is 28.5 Å². The normalized spacial score (nSPS) is 11.4. The minimum Gasteiger partial charge on any atom is -0.486 e. The molecule has 0 aliphatic carbocycles. The Morgan fingerprint density at radius 1 is 0.857 bits per heavy atom. The van der Waals surface area contributed by atoms with E-state index in [1.807, 2.05) is 12.1 Å². The Morgan fingerprint density at radius 2 is 1.40 bits per heavy atom. The number of carboxylic acids is 1. The molecule has 2 rings (SSSR count). The fourth-order valence-electron chi connectivity index (χ4n) is 4.23. The van der Waals surface area contributed by atoms with E-state index in [1.54, 1.807) is 0 Å². The first-order valence-electron chi connectivity index (χ1n) is 13.4. The molecule has 0 spiro atoms. The van der Waals surface area contributed by atoms with Crippen molar-refractivity contribution in [3.05, 3.63) is 58.4 Å². The minimum atomic E-state index is -1.19. The van der Waals surface area contributed by atoms with E-state index < -0.39 is 5.97 Å². The standard InChI is InChI=1S/C30H42N2O2S/c1-4-6-8-10-12-14-22-32(23-15-13-11-9-7-5-2)26-18-16-25(17-19-26)29-21-20-27(35-29)24-28(31-3)30(33)34/h16-21,24H,4-15,22-23H2,1-2H3,(H,33,34)/b28-24-. The Balaban J connectivity index is 2.01. The van der Waals surface area contributed by atoms with Crippen LogP contribution in [-0.4, -0.2) is 24.2 Å². The van der Waals surface area contributed by atoms with Crippen LogP contribution in [-0.2, 0) is 4.79 Å². The number of anilines is 1. The van der Waals surface area contributed by atoms with Gasteiger partial charge >= 0.3 is 5.97 Å². The van der Waals surface area contributed by atoms with Crippen LogP contribution in [0, 0.1) is 6.57 Å². The van der Waals surface area contributed by atoms with Gasteiger partial charge in [0.25, 0.3) is 5.70 Å². The molecular weight excluding hydrogens is 452 g/mol. The van der Waals surface area contributed by atoms with Gasteiger partial charge in [-0.25, -0.2) is 4.85 Å². The summed E-state index contributed by atoms with van der Waals surface area (Å²) in [6.45, 7) is 13.8. The van der Waals surface area contributed by atoms with Gasteiger partial charge in [0.05, 0.1) is 6.57 Å². The number of hydrogen-bond donors (Lipinski definition) is 1. The van der Waals surface area contributed by atoms with E-state index in [0.717, 1.165) is 28.4 Å². The second kappa shape index (κ2) is 16.9. The topological polar surface area (TPSA) is 44.9 Å². The third-order valence-electron chi connectivity index (χ3n) is 6.33. The molecule has 4 nitrogen and oxygen atoms in total. The summed E-state index contributed by atoms with van der Waals surface area (Å²) in [4.78, 5) is 18.6. The minimum absolute atomic E-state index is 0.256. The molecular formula is C30H42N2O2S. The van der Waals surface area contributed by atoms with Crippen LogP contribution in [0.4, 0.5) is 5.69 Å². The molecule has 1 aromatic carbocycles. The third kappa shape index (κ3) is 10.7. The molecule has 35 heavy (non-hydrogen) atoms. The first-order chi connectivity index (χ1) is 17.1. The number of carboxylic acid groups (broad SMARTS) is 1. The van der Waals surface area contributed by atoms with Crippen molar-refractivity contribution in [2.45, 2.75) is 90.9 Å². The van der Waals surface area contributed by atoms with Gasteiger partial charge in [-0.3, -0.25) is 4.79 Å². The Morgan fingerprint density at radius 3 is 1.91 bits per heavy atom. The predicted molar refractivity (Wildman–Crippen MR) is 151 cm³/mol. The lowest BCUT2D eigenvalue weighted by Gasteiger charge is -2.25. The van der Waals surface area contributed by atoms with Crippen molar-refractivity contribution in [1.29, 1.82) is 0 Å². The Kier molecular flexibility index (Phi) is 13.9. The van der Waals surface area contributed by atoms with E-state index in [4.69, 9.17) is 11.7 Å². The zero-order valence-corrected chi connectivity index (χ0v) is 22.4. The Labute approximate surface area is 216 Å². The molecule has 1 aromatic heterocycles. The number of hydrogen-bond acceptors (Lipinski definition) is 3. The lowest BCUT2D eigenvalue weighted by Crippen LogP contribution is -2.25. The molecule has 0 radical (unpaired) electrons. The quantitative estimate of drug-likeness (QED) is 0.128. The highest BCUT2D eigenvalue weighted by atomic mass is 32.1. The zero-order chi connectivity index (χ0) is 25.3. The summed E-state index contributed by atoms with van der Waals surface area (Å²) in [6, 6.07) is 12.7. The number of thiophene rings is 1. The second-order valence-electron chi connectivity index (χ2n) is 9.22. The molecule has 0 unspecified atom stereocenters.